The van der Waals surface area contributed by atoms with E-state index >= 15 is 0 Å². The van der Waals surface area contributed by atoms with Gasteiger partial charge in [-0.1, -0.05) is 382 Å². The molecule has 0 aliphatic rings. The first kappa shape index (κ1) is 99.1. The zero-order valence-electron chi connectivity index (χ0n) is 66.2. The molecular formula is C82H160O17P2. The van der Waals surface area contributed by atoms with Crippen LogP contribution in [0.15, 0.2) is 0 Å². The Hall–Kier alpha value is -1.94. The van der Waals surface area contributed by atoms with Gasteiger partial charge in [-0.25, -0.2) is 9.13 Å². The van der Waals surface area contributed by atoms with Crippen molar-refractivity contribution in [3.8, 4) is 0 Å². The third-order valence-corrected chi connectivity index (χ3v) is 21.1. The van der Waals surface area contributed by atoms with E-state index < -0.39 is 97.5 Å². The molecule has 0 rings (SSSR count). The number of carbonyl (C=O) groups is 4. The largest absolute Gasteiger partial charge is 0.472 e. The number of hydrogen-bond donors (Lipinski definition) is 3. The van der Waals surface area contributed by atoms with E-state index in [0.29, 0.717) is 25.7 Å². The minimum absolute atomic E-state index is 0.106. The molecule has 101 heavy (non-hydrogen) atoms. The van der Waals surface area contributed by atoms with Crippen LogP contribution in [0.3, 0.4) is 0 Å². The molecule has 0 aromatic rings. The van der Waals surface area contributed by atoms with Gasteiger partial charge in [-0.2, -0.15) is 0 Å². The summed E-state index contributed by atoms with van der Waals surface area (Å²) < 4.78 is 68.6. The van der Waals surface area contributed by atoms with Crippen molar-refractivity contribution in [1.82, 2.24) is 0 Å². The average Bonchev–Trinajstić information content (AvgIpc) is 0.964. The second kappa shape index (κ2) is 73.6. The molecule has 5 atom stereocenters. The minimum atomic E-state index is -4.96. The number of ether oxygens (including phenoxy) is 4. The molecule has 17 nitrogen and oxygen atoms in total. The van der Waals surface area contributed by atoms with E-state index in [9.17, 15) is 43.2 Å². The van der Waals surface area contributed by atoms with Crippen molar-refractivity contribution >= 4 is 39.5 Å². The lowest BCUT2D eigenvalue weighted by Crippen LogP contribution is -2.30. The summed E-state index contributed by atoms with van der Waals surface area (Å²) in [6.45, 7) is 9.62. The summed E-state index contributed by atoms with van der Waals surface area (Å²) in [5.74, 6) is -0.541. The van der Waals surface area contributed by atoms with Crippen LogP contribution in [0.4, 0.5) is 0 Å². The molecule has 0 heterocycles. The SMILES string of the molecule is CCCCCCCCCCCCCCCCCCCCCCC(=O)OC[C@H](COP(=O)(O)OC[C@@H](O)COP(=O)(O)OC[C@@H](COC(=O)CCCCCCCCC)OC(=O)CCCCCCCCCCCCC(C)C)OC(=O)CCCCCCCCCCCCCCCCCCCCC(C)C. The monoisotopic (exact) mass is 1480 g/mol. The van der Waals surface area contributed by atoms with Crippen LogP contribution >= 0.6 is 15.6 Å². The third-order valence-electron chi connectivity index (χ3n) is 19.2. The van der Waals surface area contributed by atoms with Gasteiger partial charge in [-0.3, -0.25) is 37.3 Å². The molecule has 0 aromatic heterocycles. The maximum atomic E-state index is 13.1. The summed E-state index contributed by atoms with van der Waals surface area (Å²) in [5.41, 5.74) is 0. The van der Waals surface area contributed by atoms with Gasteiger partial charge in [-0.15, -0.1) is 0 Å². The number of aliphatic hydroxyl groups is 1. The number of rotatable bonds is 81. The van der Waals surface area contributed by atoms with Gasteiger partial charge in [0.15, 0.2) is 12.2 Å². The highest BCUT2D eigenvalue weighted by molar-refractivity contribution is 7.47. The van der Waals surface area contributed by atoms with Crippen LogP contribution in [0.2, 0.25) is 0 Å². The van der Waals surface area contributed by atoms with Gasteiger partial charge in [0.2, 0.25) is 0 Å². The van der Waals surface area contributed by atoms with Gasteiger partial charge in [0.25, 0.3) is 0 Å². The van der Waals surface area contributed by atoms with E-state index in [4.69, 9.17) is 37.0 Å². The molecule has 0 bridgehead atoms. The number of phosphoric ester groups is 2. The van der Waals surface area contributed by atoms with Gasteiger partial charge >= 0.3 is 39.5 Å². The Morgan fingerprint density at radius 3 is 0.673 bits per heavy atom. The second-order valence-electron chi connectivity index (χ2n) is 30.5. The fraction of sp³-hybridized carbons (Fsp3) is 0.951. The van der Waals surface area contributed by atoms with Crippen LogP contribution in [-0.4, -0.2) is 96.7 Å². The fourth-order valence-corrected chi connectivity index (χ4v) is 14.3. The van der Waals surface area contributed by atoms with Crippen LogP contribution in [0, 0.1) is 11.8 Å². The third kappa shape index (κ3) is 76.1. The summed E-state index contributed by atoms with van der Waals surface area (Å²) >= 11 is 0. The predicted molar refractivity (Wildman–Crippen MR) is 414 cm³/mol. The lowest BCUT2D eigenvalue weighted by molar-refractivity contribution is -0.161. The van der Waals surface area contributed by atoms with Crippen molar-refractivity contribution in [1.29, 1.82) is 0 Å². The van der Waals surface area contributed by atoms with Gasteiger partial charge in [0, 0.05) is 25.7 Å². The maximum absolute atomic E-state index is 13.1. The molecule has 2 unspecified atom stereocenters. The van der Waals surface area contributed by atoms with E-state index in [1.165, 1.54) is 238 Å². The smallest absolute Gasteiger partial charge is 0.462 e. The van der Waals surface area contributed by atoms with Crippen LogP contribution in [0.1, 0.15) is 433 Å². The molecule has 0 saturated carbocycles. The van der Waals surface area contributed by atoms with Crippen LogP contribution < -0.4 is 0 Å². The van der Waals surface area contributed by atoms with E-state index in [-0.39, 0.29) is 25.7 Å². The van der Waals surface area contributed by atoms with E-state index in [1.807, 2.05) is 0 Å². The number of hydrogen-bond acceptors (Lipinski definition) is 15. The molecule has 0 aliphatic heterocycles. The molecule has 0 aliphatic carbocycles. The number of unbranched alkanes of at least 4 members (excludes halogenated alkanes) is 51. The molecule has 0 spiro atoms. The highest BCUT2D eigenvalue weighted by Gasteiger charge is 2.30. The van der Waals surface area contributed by atoms with E-state index in [1.54, 1.807) is 0 Å². The number of aliphatic hydroxyl groups excluding tert-OH is 1. The number of carbonyl (C=O) groups excluding carboxylic acids is 4. The zero-order chi connectivity index (χ0) is 74.2. The van der Waals surface area contributed by atoms with Crippen LogP contribution in [0.5, 0.6) is 0 Å². The highest BCUT2D eigenvalue weighted by Crippen LogP contribution is 2.45. The van der Waals surface area contributed by atoms with Crippen molar-refractivity contribution in [2.24, 2.45) is 11.8 Å². The summed E-state index contributed by atoms with van der Waals surface area (Å²) in [4.78, 5) is 72.9. The lowest BCUT2D eigenvalue weighted by Gasteiger charge is -2.21. The van der Waals surface area contributed by atoms with Crippen molar-refractivity contribution in [3.63, 3.8) is 0 Å². The fourth-order valence-electron chi connectivity index (χ4n) is 12.7. The topological polar surface area (TPSA) is 237 Å². The van der Waals surface area contributed by atoms with Crippen molar-refractivity contribution < 1.29 is 80.2 Å². The molecule has 600 valence electrons. The second-order valence-corrected chi connectivity index (χ2v) is 33.4. The van der Waals surface area contributed by atoms with Gasteiger partial charge in [-0.05, 0) is 37.5 Å². The molecule has 0 aromatic carbocycles. The Bertz CT molecular complexity index is 1940. The summed E-state index contributed by atoms with van der Waals surface area (Å²) in [6.07, 6.45) is 64.2. The predicted octanol–water partition coefficient (Wildman–Crippen LogP) is 24.7. The van der Waals surface area contributed by atoms with Crippen molar-refractivity contribution in [2.75, 3.05) is 39.6 Å². The van der Waals surface area contributed by atoms with E-state index in [2.05, 4.69) is 41.5 Å². The average molecular weight is 1480 g/mol. The van der Waals surface area contributed by atoms with Gasteiger partial charge in [0.05, 0.1) is 26.4 Å². The number of esters is 4. The van der Waals surface area contributed by atoms with E-state index in [0.717, 1.165) is 115 Å². The quantitative estimate of drug-likeness (QED) is 0.0222. The highest BCUT2D eigenvalue weighted by atomic mass is 31.2. The standard InChI is InChI=1S/C82H160O17P2/c1-7-9-11-13-15-16-17-18-19-20-21-22-26-29-32-35-41-47-53-59-65-80(85)93-71-78(99-81(86)66-60-54-48-42-36-33-30-27-24-23-25-28-31-34-39-45-50-56-62-74(3)4)73-97-101(90,91)95-69-76(83)68-94-100(88,89)96-72-77(70-92-79(84)64-58-52-44-14-12-10-8-2)98-82(87)67-61-55-49-43-38-37-40-46-51-57-63-75(5)6/h74-78,83H,7-73H2,1-6H3,(H,88,89)(H,90,91)/t76-,77+,78+/m0/s1. The van der Waals surface area contributed by atoms with Crippen LogP contribution in [-0.2, 0) is 65.4 Å². The molecular weight excluding hydrogens is 1320 g/mol. The maximum Gasteiger partial charge on any atom is 0.472 e. The number of phosphoric acid groups is 2. The Labute approximate surface area is 619 Å². The van der Waals surface area contributed by atoms with Gasteiger partial charge in [0.1, 0.15) is 19.3 Å². The summed E-state index contributed by atoms with van der Waals surface area (Å²) in [5, 5.41) is 10.6. The first-order chi connectivity index (χ1) is 48.9. The summed E-state index contributed by atoms with van der Waals surface area (Å²) in [6, 6.07) is 0. The molecule has 0 saturated heterocycles. The first-order valence-electron chi connectivity index (χ1n) is 42.5. The lowest BCUT2D eigenvalue weighted by atomic mass is 10.0. The van der Waals surface area contributed by atoms with Crippen molar-refractivity contribution in [2.45, 2.75) is 452 Å². The van der Waals surface area contributed by atoms with Gasteiger partial charge < -0.3 is 33.8 Å². The normalized spacial score (nSPS) is 13.9. The molecule has 0 amide bonds. The zero-order valence-corrected chi connectivity index (χ0v) is 68.0. The molecule has 0 radical (unpaired) electrons. The molecule has 0 fully saturated rings. The summed E-state index contributed by atoms with van der Waals surface area (Å²) in [7, 11) is -9.91. The minimum Gasteiger partial charge on any atom is -0.462 e. The first-order valence-corrected chi connectivity index (χ1v) is 45.5. The molecule has 19 heteroatoms. The Kier molecular flexibility index (Phi) is 72.2. The van der Waals surface area contributed by atoms with Crippen molar-refractivity contribution in [3.05, 3.63) is 0 Å². The molecule has 3 N–H and O–H groups in total. The Morgan fingerprint density at radius 1 is 0.267 bits per heavy atom. The Morgan fingerprint density at radius 2 is 0.455 bits per heavy atom. The van der Waals surface area contributed by atoms with Crippen LogP contribution in [0.25, 0.3) is 0 Å². The Balaban J connectivity index is 5.16.